The maximum atomic E-state index is 13.2. The van der Waals surface area contributed by atoms with Crippen LogP contribution in [0.4, 0.5) is 0 Å². The van der Waals surface area contributed by atoms with Crippen molar-refractivity contribution in [2.45, 2.75) is 70.3 Å². The smallest absolute Gasteiger partial charge is 0.326 e. The highest BCUT2D eigenvalue weighted by atomic mass is 16.4. The topological polar surface area (TPSA) is 191 Å². The first-order valence-corrected chi connectivity index (χ1v) is 12.8. The lowest BCUT2D eigenvalue weighted by molar-refractivity contribution is -0.143. The number of phenols is 1. The number of aliphatic hydroxyl groups is 1. The summed E-state index contributed by atoms with van der Waals surface area (Å²) in [6.07, 6.45) is -0.992. The number of rotatable bonds is 14. The lowest BCUT2D eigenvalue weighted by Gasteiger charge is -2.27. The average Bonchev–Trinajstić information content (AvgIpc) is 2.87. The summed E-state index contributed by atoms with van der Waals surface area (Å²) in [4.78, 5) is 50.8. The van der Waals surface area contributed by atoms with Gasteiger partial charge < -0.3 is 37.0 Å². The van der Waals surface area contributed by atoms with Crippen LogP contribution in [-0.4, -0.2) is 69.3 Å². The second kappa shape index (κ2) is 14.8. The van der Waals surface area contributed by atoms with Gasteiger partial charge in [0.1, 0.15) is 23.9 Å². The molecule has 0 bridgehead atoms. The second-order valence-electron chi connectivity index (χ2n) is 9.98. The zero-order valence-electron chi connectivity index (χ0n) is 22.3. The molecule has 0 aliphatic heterocycles. The highest BCUT2D eigenvalue weighted by Gasteiger charge is 2.32. The van der Waals surface area contributed by atoms with Crippen LogP contribution >= 0.6 is 0 Å². The molecule has 0 heterocycles. The van der Waals surface area contributed by atoms with Crippen molar-refractivity contribution in [2.24, 2.45) is 11.7 Å². The summed E-state index contributed by atoms with van der Waals surface area (Å²) in [5, 5.41) is 36.8. The Morgan fingerprint density at radius 1 is 0.769 bits per heavy atom. The number of hydrogen-bond donors (Lipinski definition) is 7. The zero-order valence-corrected chi connectivity index (χ0v) is 22.3. The Bertz CT molecular complexity index is 1110. The van der Waals surface area contributed by atoms with Crippen LogP contribution in [0.25, 0.3) is 0 Å². The molecule has 8 N–H and O–H groups in total. The molecule has 0 saturated carbocycles. The summed E-state index contributed by atoms with van der Waals surface area (Å²) < 4.78 is 0. The first-order valence-electron chi connectivity index (χ1n) is 12.8. The highest BCUT2D eigenvalue weighted by Crippen LogP contribution is 2.13. The van der Waals surface area contributed by atoms with Gasteiger partial charge in [-0.15, -0.1) is 0 Å². The third-order valence-corrected chi connectivity index (χ3v) is 6.03. The fourth-order valence-corrected chi connectivity index (χ4v) is 3.93. The number of carbonyl (C=O) groups excluding carboxylic acids is 3. The van der Waals surface area contributed by atoms with E-state index in [0.717, 1.165) is 5.56 Å². The van der Waals surface area contributed by atoms with Gasteiger partial charge in [0.15, 0.2) is 0 Å². The Hall–Kier alpha value is -3.96. The summed E-state index contributed by atoms with van der Waals surface area (Å²) in [5.74, 6) is -3.49. The Balaban J connectivity index is 2.20. The number of carboxylic acids is 1. The number of hydrogen-bond acceptors (Lipinski definition) is 7. The molecule has 5 unspecified atom stereocenters. The SMILES string of the molecule is CC(C)CC(NC(=O)C(Cc1ccc(O)cc1)NC(=O)C(NC(=O)C(N)Cc1ccccc1)C(C)O)C(=O)O. The first kappa shape index (κ1) is 31.3. The maximum absolute atomic E-state index is 13.2. The summed E-state index contributed by atoms with van der Waals surface area (Å²) >= 11 is 0. The van der Waals surface area contributed by atoms with Gasteiger partial charge in [0, 0.05) is 6.42 Å². The zero-order chi connectivity index (χ0) is 29.1. The van der Waals surface area contributed by atoms with Crippen molar-refractivity contribution in [1.29, 1.82) is 0 Å². The van der Waals surface area contributed by atoms with Crippen LogP contribution in [0.15, 0.2) is 54.6 Å². The lowest BCUT2D eigenvalue weighted by Crippen LogP contribution is -2.60. The molecule has 2 rings (SSSR count). The van der Waals surface area contributed by atoms with Gasteiger partial charge in [0.05, 0.1) is 12.1 Å². The Morgan fingerprint density at radius 3 is 1.87 bits per heavy atom. The van der Waals surface area contributed by atoms with E-state index in [4.69, 9.17) is 5.73 Å². The van der Waals surface area contributed by atoms with Crippen LogP contribution in [0.5, 0.6) is 5.75 Å². The minimum atomic E-state index is -1.43. The predicted octanol–water partition coefficient (Wildman–Crippen LogP) is 0.471. The van der Waals surface area contributed by atoms with Gasteiger partial charge in [-0.3, -0.25) is 14.4 Å². The summed E-state index contributed by atoms with van der Waals surface area (Å²) in [7, 11) is 0. The van der Waals surface area contributed by atoms with Gasteiger partial charge in [0.2, 0.25) is 17.7 Å². The van der Waals surface area contributed by atoms with Gasteiger partial charge in [-0.2, -0.15) is 0 Å². The molecular formula is C28H38N4O7. The van der Waals surface area contributed by atoms with Crippen molar-refractivity contribution in [3.63, 3.8) is 0 Å². The molecule has 0 aliphatic carbocycles. The lowest BCUT2D eigenvalue weighted by atomic mass is 10.0. The number of carboxylic acid groups (broad SMARTS) is 1. The molecule has 2 aromatic carbocycles. The van der Waals surface area contributed by atoms with Crippen LogP contribution in [0.1, 0.15) is 38.3 Å². The van der Waals surface area contributed by atoms with Gasteiger partial charge in [0.25, 0.3) is 0 Å². The molecule has 11 heteroatoms. The van der Waals surface area contributed by atoms with Crippen molar-refractivity contribution >= 4 is 23.7 Å². The molecular weight excluding hydrogens is 504 g/mol. The van der Waals surface area contributed by atoms with Crippen LogP contribution < -0.4 is 21.7 Å². The van der Waals surface area contributed by atoms with Crippen molar-refractivity contribution in [3.05, 3.63) is 65.7 Å². The minimum absolute atomic E-state index is 0.00962. The normalized spacial score (nSPS) is 14.9. The summed E-state index contributed by atoms with van der Waals surface area (Å²) in [6.45, 7) is 4.94. The van der Waals surface area contributed by atoms with Crippen molar-refractivity contribution in [2.75, 3.05) is 0 Å². The number of amides is 3. The minimum Gasteiger partial charge on any atom is -0.508 e. The number of benzene rings is 2. The van der Waals surface area contributed by atoms with E-state index in [2.05, 4.69) is 16.0 Å². The molecule has 5 atom stereocenters. The van der Waals surface area contributed by atoms with Crippen LogP contribution in [0, 0.1) is 5.92 Å². The fraction of sp³-hybridized carbons (Fsp3) is 0.429. The molecule has 212 valence electrons. The Kier molecular flexibility index (Phi) is 11.9. The molecule has 2 aromatic rings. The van der Waals surface area contributed by atoms with E-state index in [0.29, 0.717) is 5.56 Å². The fourth-order valence-electron chi connectivity index (χ4n) is 3.93. The van der Waals surface area contributed by atoms with Crippen LogP contribution in [0.2, 0.25) is 0 Å². The van der Waals surface area contributed by atoms with Gasteiger partial charge in [-0.25, -0.2) is 4.79 Å². The van der Waals surface area contributed by atoms with E-state index < -0.39 is 54.0 Å². The van der Waals surface area contributed by atoms with E-state index in [9.17, 15) is 34.5 Å². The monoisotopic (exact) mass is 542 g/mol. The van der Waals surface area contributed by atoms with Gasteiger partial charge in [-0.05, 0) is 48.9 Å². The van der Waals surface area contributed by atoms with Crippen molar-refractivity contribution < 1.29 is 34.5 Å². The standard InChI is InChI=1S/C28H38N4O7/c1-16(2)13-23(28(38)39)31-26(36)22(15-19-9-11-20(34)12-10-19)30-27(37)24(17(3)33)32-25(35)21(29)14-18-7-5-4-6-8-18/h4-12,16-17,21-24,33-34H,13-15,29H2,1-3H3,(H,30,37)(H,31,36)(H,32,35)(H,38,39). The largest absolute Gasteiger partial charge is 0.508 e. The molecule has 0 radical (unpaired) electrons. The molecule has 11 nitrogen and oxygen atoms in total. The molecule has 0 aliphatic rings. The quantitative estimate of drug-likeness (QED) is 0.179. The second-order valence-corrected chi connectivity index (χ2v) is 9.98. The third kappa shape index (κ3) is 10.4. The number of aromatic hydroxyl groups is 1. The van der Waals surface area contributed by atoms with Crippen LogP contribution in [0.3, 0.4) is 0 Å². The summed E-state index contributed by atoms with van der Waals surface area (Å²) in [6, 6.07) is 10.2. The molecule has 0 fully saturated rings. The number of nitrogens with two attached hydrogens (primary N) is 1. The first-order chi connectivity index (χ1) is 18.4. The van der Waals surface area contributed by atoms with E-state index >= 15 is 0 Å². The molecule has 3 amide bonds. The number of aliphatic hydroxyl groups excluding tert-OH is 1. The third-order valence-electron chi connectivity index (χ3n) is 6.03. The Labute approximate surface area is 227 Å². The molecule has 0 aromatic heterocycles. The Morgan fingerprint density at radius 2 is 1.33 bits per heavy atom. The predicted molar refractivity (Wildman–Crippen MR) is 144 cm³/mol. The molecule has 0 spiro atoms. The number of phenolic OH excluding ortho intramolecular Hbond substituents is 1. The van der Waals surface area contributed by atoms with E-state index in [1.807, 2.05) is 32.0 Å². The van der Waals surface area contributed by atoms with E-state index in [1.54, 1.807) is 24.3 Å². The van der Waals surface area contributed by atoms with Crippen LogP contribution in [-0.2, 0) is 32.0 Å². The van der Waals surface area contributed by atoms with Gasteiger partial charge >= 0.3 is 5.97 Å². The average molecular weight is 543 g/mol. The summed E-state index contributed by atoms with van der Waals surface area (Å²) in [5.41, 5.74) is 7.41. The number of carbonyl (C=O) groups is 4. The molecule has 0 saturated heterocycles. The maximum Gasteiger partial charge on any atom is 0.326 e. The number of nitrogens with one attached hydrogen (secondary N) is 3. The van der Waals surface area contributed by atoms with Gasteiger partial charge in [-0.1, -0.05) is 56.3 Å². The van der Waals surface area contributed by atoms with E-state index in [1.165, 1.54) is 19.1 Å². The number of aliphatic carboxylic acids is 1. The van der Waals surface area contributed by atoms with Crippen molar-refractivity contribution in [1.82, 2.24) is 16.0 Å². The highest BCUT2D eigenvalue weighted by molar-refractivity contribution is 5.94. The van der Waals surface area contributed by atoms with E-state index in [-0.39, 0.29) is 30.9 Å². The molecule has 39 heavy (non-hydrogen) atoms. The van der Waals surface area contributed by atoms with Crippen molar-refractivity contribution in [3.8, 4) is 5.75 Å².